The second-order valence-electron chi connectivity index (χ2n) is 8.57. The highest BCUT2D eigenvalue weighted by atomic mass is 16.6. The van der Waals surface area contributed by atoms with E-state index < -0.39 is 43.4 Å². The van der Waals surface area contributed by atoms with Crippen LogP contribution in [0.3, 0.4) is 0 Å². The second kappa shape index (κ2) is 9.91. The molecule has 2 saturated heterocycles. The Morgan fingerprint density at radius 3 is 1.63 bits per heavy atom. The molecule has 2 fully saturated rings. The van der Waals surface area contributed by atoms with Crippen LogP contribution in [0.25, 0.3) is 0 Å². The average Bonchev–Trinajstić information content (AvgIpc) is 2.60. The largest absolute Gasteiger partial charge is 0.394 e. The Balaban J connectivity index is 0.000000277. The molecule has 0 aromatic rings. The Morgan fingerprint density at radius 1 is 0.667 bits per heavy atom. The number of hydrogen-bond acceptors (Lipinski definition) is 9. The maximum absolute atomic E-state index is 10.2. The first-order valence-electron chi connectivity index (χ1n) is 9.29. The fourth-order valence-corrected chi connectivity index (χ4v) is 3.33. The maximum atomic E-state index is 10.2. The average molecular weight is 396 g/mol. The van der Waals surface area contributed by atoms with Crippen LogP contribution in [0.5, 0.6) is 0 Å². The normalized spacial score (nSPS) is 45.8. The van der Waals surface area contributed by atoms with Crippen LogP contribution in [0.1, 0.15) is 34.6 Å². The molecule has 0 aliphatic carbocycles. The Bertz CT molecular complexity index is 434. The smallest absolute Gasteiger partial charge is 0.184 e. The molecule has 27 heavy (non-hydrogen) atoms. The predicted octanol–water partition coefficient (Wildman–Crippen LogP) is -1.80. The van der Waals surface area contributed by atoms with E-state index in [1.54, 1.807) is 0 Å². The molecule has 0 saturated carbocycles. The Kier molecular flexibility index (Phi) is 9.05. The third-order valence-electron chi connectivity index (χ3n) is 5.49. The van der Waals surface area contributed by atoms with Crippen LogP contribution in [0, 0.1) is 17.3 Å². The maximum Gasteiger partial charge on any atom is 0.184 e. The summed E-state index contributed by atoms with van der Waals surface area (Å²) in [5, 5.41) is 64.0. The summed E-state index contributed by atoms with van der Waals surface area (Å²) < 4.78 is 10.4. The first-order valence-corrected chi connectivity index (χ1v) is 9.29. The minimum atomic E-state index is -1.57. The van der Waals surface area contributed by atoms with E-state index in [1.807, 2.05) is 13.8 Å². The van der Waals surface area contributed by atoms with Gasteiger partial charge in [0.1, 0.15) is 24.4 Å². The molecule has 0 bridgehead atoms. The van der Waals surface area contributed by atoms with E-state index in [0.29, 0.717) is 0 Å². The number of rotatable bonds is 2. The first kappa shape index (κ1) is 24.7. The van der Waals surface area contributed by atoms with Crippen molar-refractivity contribution < 1.29 is 45.2 Å². The van der Waals surface area contributed by atoms with Gasteiger partial charge in [-0.1, -0.05) is 34.6 Å². The monoisotopic (exact) mass is 396 g/mol. The van der Waals surface area contributed by atoms with Crippen molar-refractivity contribution in [3.8, 4) is 0 Å². The topological polar surface area (TPSA) is 160 Å². The van der Waals surface area contributed by atoms with E-state index in [0.717, 1.165) is 0 Å². The van der Waals surface area contributed by atoms with Gasteiger partial charge in [0.2, 0.25) is 0 Å². The Hall–Kier alpha value is -0.360. The van der Waals surface area contributed by atoms with E-state index >= 15 is 0 Å². The molecule has 0 spiro atoms. The summed E-state index contributed by atoms with van der Waals surface area (Å²) in [6.45, 7) is 9.72. The van der Waals surface area contributed by atoms with Crippen LogP contribution in [-0.2, 0) is 9.47 Å². The lowest BCUT2D eigenvalue weighted by Crippen LogP contribution is -2.58. The van der Waals surface area contributed by atoms with Crippen molar-refractivity contribution in [1.29, 1.82) is 0 Å². The molecule has 2 aliphatic rings. The van der Waals surface area contributed by atoms with Gasteiger partial charge < -0.3 is 45.2 Å². The third-order valence-corrected chi connectivity index (χ3v) is 5.49. The van der Waals surface area contributed by atoms with Crippen molar-refractivity contribution in [3.05, 3.63) is 0 Å². The van der Waals surface area contributed by atoms with Gasteiger partial charge in [0, 0.05) is 0 Å². The van der Waals surface area contributed by atoms with Gasteiger partial charge >= 0.3 is 0 Å². The molecule has 10 unspecified atom stereocenters. The first-order chi connectivity index (χ1) is 12.4. The van der Waals surface area contributed by atoms with Crippen molar-refractivity contribution in [1.82, 2.24) is 0 Å². The molecule has 2 aliphatic heterocycles. The van der Waals surface area contributed by atoms with Gasteiger partial charge in [0.25, 0.3) is 0 Å². The van der Waals surface area contributed by atoms with Gasteiger partial charge in [-0.2, -0.15) is 0 Å². The molecular weight excluding hydrogens is 360 g/mol. The number of aliphatic hydroxyl groups is 7. The van der Waals surface area contributed by atoms with E-state index in [4.69, 9.17) is 30.3 Å². The van der Waals surface area contributed by atoms with Gasteiger partial charge in [-0.15, -0.1) is 0 Å². The van der Waals surface area contributed by atoms with Crippen LogP contribution in [0.4, 0.5) is 0 Å². The van der Waals surface area contributed by atoms with E-state index in [9.17, 15) is 10.2 Å². The second-order valence-corrected chi connectivity index (χ2v) is 8.57. The highest BCUT2D eigenvalue weighted by Crippen LogP contribution is 2.38. The van der Waals surface area contributed by atoms with Crippen LogP contribution in [0.15, 0.2) is 0 Å². The molecule has 2 heterocycles. The van der Waals surface area contributed by atoms with Gasteiger partial charge in [-0.25, -0.2) is 0 Å². The number of ether oxygens (including phenoxy) is 2. The number of hydrogen-bond donors (Lipinski definition) is 7. The van der Waals surface area contributed by atoms with Crippen molar-refractivity contribution >= 4 is 0 Å². The van der Waals surface area contributed by atoms with Gasteiger partial charge in [0.05, 0.1) is 31.5 Å². The molecule has 9 heteroatoms. The zero-order valence-corrected chi connectivity index (χ0v) is 16.6. The lowest BCUT2D eigenvalue weighted by atomic mass is 9.74. The van der Waals surface area contributed by atoms with Gasteiger partial charge in [-0.05, 0) is 17.3 Å². The lowest BCUT2D eigenvalue weighted by molar-refractivity contribution is -0.286. The summed E-state index contributed by atoms with van der Waals surface area (Å²) in [6.07, 6.45) is -7.82. The third kappa shape index (κ3) is 5.81. The zero-order chi connectivity index (χ0) is 21.1. The fraction of sp³-hybridized carbons (Fsp3) is 1.00. The molecule has 162 valence electrons. The summed E-state index contributed by atoms with van der Waals surface area (Å²) in [7, 11) is 0. The minimum absolute atomic E-state index is 0.0325. The summed E-state index contributed by atoms with van der Waals surface area (Å²) in [5.74, 6) is 0.365. The molecule has 2 rings (SSSR count). The van der Waals surface area contributed by atoms with E-state index in [2.05, 4.69) is 25.5 Å². The molecule has 7 N–H and O–H groups in total. The van der Waals surface area contributed by atoms with Crippen LogP contribution < -0.4 is 0 Å². The van der Waals surface area contributed by atoms with Crippen molar-refractivity contribution in [2.75, 3.05) is 13.2 Å². The van der Waals surface area contributed by atoms with Crippen LogP contribution in [-0.4, -0.2) is 98.0 Å². The summed E-state index contributed by atoms with van der Waals surface area (Å²) in [6, 6.07) is 0. The Morgan fingerprint density at radius 2 is 1.19 bits per heavy atom. The quantitative estimate of drug-likeness (QED) is 0.286. The van der Waals surface area contributed by atoms with Gasteiger partial charge in [0.15, 0.2) is 6.29 Å². The molecule has 0 radical (unpaired) electrons. The summed E-state index contributed by atoms with van der Waals surface area (Å²) >= 11 is 0. The van der Waals surface area contributed by atoms with E-state index in [1.165, 1.54) is 0 Å². The molecule has 9 nitrogen and oxygen atoms in total. The number of aliphatic hydroxyl groups excluding tert-OH is 7. The highest BCUT2D eigenvalue weighted by molar-refractivity contribution is 4.93. The van der Waals surface area contributed by atoms with Crippen molar-refractivity contribution in [2.45, 2.75) is 83.6 Å². The molecule has 0 aromatic heterocycles. The van der Waals surface area contributed by atoms with Crippen LogP contribution in [0.2, 0.25) is 0 Å². The minimum Gasteiger partial charge on any atom is -0.394 e. The van der Waals surface area contributed by atoms with Gasteiger partial charge in [-0.3, -0.25) is 0 Å². The van der Waals surface area contributed by atoms with Crippen molar-refractivity contribution in [3.63, 3.8) is 0 Å². The Labute approximate surface area is 160 Å². The predicted molar refractivity (Wildman–Crippen MR) is 95.5 cm³/mol. The summed E-state index contributed by atoms with van der Waals surface area (Å²) in [5.41, 5.74) is -0.0960. The standard InChI is InChI=1S/C12H24O3.C6H12O6/c1-7-8(2)10(14)11(12(3,4)5)15-9(7)6-13;7-1-2-3(8)4(9)5(10)6(11)12-2/h7-11,13-14H,6H2,1-5H3;2-11H,1H2. The zero-order valence-electron chi connectivity index (χ0n) is 16.6. The highest BCUT2D eigenvalue weighted by Gasteiger charge is 2.45. The van der Waals surface area contributed by atoms with E-state index in [-0.39, 0.29) is 36.1 Å². The fourth-order valence-electron chi connectivity index (χ4n) is 3.33. The molecule has 0 amide bonds. The molecular formula is C18H36O9. The SMILES string of the molecule is CC1C(CO)OC(C(C)(C)C)C(O)C1C.OCC1OC(O)C(O)C(O)C1O. The van der Waals surface area contributed by atoms with Crippen molar-refractivity contribution in [2.24, 2.45) is 17.3 Å². The molecule has 0 aromatic carbocycles. The lowest BCUT2D eigenvalue weighted by Gasteiger charge is -2.47. The molecule has 10 atom stereocenters. The summed E-state index contributed by atoms with van der Waals surface area (Å²) in [4.78, 5) is 0. The van der Waals surface area contributed by atoms with Crippen LogP contribution >= 0.6 is 0 Å².